The average molecular weight is 401 g/mol. The van der Waals surface area contributed by atoms with Crippen LogP contribution in [0.25, 0.3) is 10.4 Å². The minimum Gasteiger partial charge on any atom is -0.368 e. The Hall–Kier alpha value is -2.75. The van der Waals surface area contributed by atoms with Gasteiger partial charge in [0.05, 0.1) is 6.61 Å². The first kappa shape index (κ1) is 18.3. The molecule has 1 nitrogen and oxygen atoms in total. The standard InChI is InChI=1S/C26H21FOS/c1-17-7-8-20(23-16-28-23)15-22(17)26(19-5-3-2-4-6-19)25-14-13-24(29-25)18-9-11-21(27)12-10-18/h2-15,23,26H,16H2,1H3. The first-order valence-electron chi connectivity index (χ1n) is 9.82. The summed E-state index contributed by atoms with van der Waals surface area (Å²) in [6, 6.07) is 28.4. The SMILES string of the molecule is Cc1ccc(C2CO2)cc1C(c1ccccc1)c1ccc(-c2ccc(F)cc2)s1. The lowest BCUT2D eigenvalue weighted by Gasteiger charge is -2.20. The van der Waals surface area contributed by atoms with Crippen LogP contribution in [0.5, 0.6) is 0 Å². The summed E-state index contributed by atoms with van der Waals surface area (Å²) >= 11 is 1.77. The summed E-state index contributed by atoms with van der Waals surface area (Å²) in [5.41, 5.74) is 6.17. The molecule has 0 radical (unpaired) electrons. The highest BCUT2D eigenvalue weighted by atomic mass is 32.1. The van der Waals surface area contributed by atoms with E-state index in [1.54, 1.807) is 11.3 Å². The lowest BCUT2D eigenvalue weighted by Crippen LogP contribution is -2.04. The second-order valence-electron chi connectivity index (χ2n) is 7.49. The number of hydrogen-bond donors (Lipinski definition) is 0. The van der Waals surface area contributed by atoms with Gasteiger partial charge in [-0.2, -0.15) is 0 Å². The summed E-state index contributed by atoms with van der Waals surface area (Å²) in [5, 5.41) is 0. The summed E-state index contributed by atoms with van der Waals surface area (Å²) < 4.78 is 18.8. The van der Waals surface area contributed by atoms with Gasteiger partial charge in [-0.25, -0.2) is 4.39 Å². The van der Waals surface area contributed by atoms with Crippen LogP contribution in [0.1, 0.15) is 39.2 Å². The van der Waals surface area contributed by atoms with Crippen molar-refractivity contribution in [3.8, 4) is 10.4 Å². The summed E-state index contributed by atoms with van der Waals surface area (Å²) in [6.07, 6.45) is 0.240. The summed E-state index contributed by atoms with van der Waals surface area (Å²) in [7, 11) is 0. The minimum absolute atomic E-state index is 0.161. The monoisotopic (exact) mass is 400 g/mol. The molecule has 0 spiro atoms. The number of thiophene rings is 1. The van der Waals surface area contributed by atoms with Gasteiger partial charge in [0.15, 0.2) is 0 Å². The van der Waals surface area contributed by atoms with E-state index in [1.807, 2.05) is 12.1 Å². The van der Waals surface area contributed by atoms with Crippen LogP contribution >= 0.6 is 11.3 Å². The molecule has 3 aromatic carbocycles. The molecule has 0 bridgehead atoms. The lowest BCUT2D eigenvalue weighted by molar-refractivity contribution is 0.415. The fourth-order valence-corrected chi connectivity index (χ4v) is 4.99. The van der Waals surface area contributed by atoms with E-state index in [4.69, 9.17) is 4.74 Å². The number of aryl methyl sites for hydroxylation is 1. The zero-order valence-corrected chi connectivity index (χ0v) is 17.0. The topological polar surface area (TPSA) is 12.5 Å². The van der Waals surface area contributed by atoms with E-state index < -0.39 is 0 Å². The maximum Gasteiger partial charge on any atom is 0.123 e. The van der Waals surface area contributed by atoms with Gasteiger partial charge in [-0.1, -0.05) is 60.7 Å². The molecule has 1 saturated heterocycles. The van der Waals surface area contributed by atoms with Gasteiger partial charge in [0.2, 0.25) is 0 Å². The Bertz CT molecular complexity index is 1130. The Morgan fingerprint density at radius 1 is 0.931 bits per heavy atom. The number of hydrogen-bond acceptors (Lipinski definition) is 2. The van der Waals surface area contributed by atoms with Gasteiger partial charge in [-0.3, -0.25) is 0 Å². The molecule has 0 saturated carbocycles. The predicted molar refractivity (Wildman–Crippen MR) is 117 cm³/mol. The maximum atomic E-state index is 13.3. The highest BCUT2D eigenvalue weighted by Gasteiger charge is 2.27. The number of benzene rings is 3. The molecule has 2 heterocycles. The zero-order valence-electron chi connectivity index (χ0n) is 16.1. The fourth-order valence-electron chi connectivity index (χ4n) is 3.83. The highest BCUT2D eigenvalue weighted by molar-refractivity contribution is 7.15. The number of epoxide rings is 1. The van der Waals surface area contributed by atoms with Crippen LogP contribution in [0.3, 0.4) is 0 Å². The molecule has 0 amide bonds. The van der Waals surface area contributed by atoms with Crippen LogP contribution < -0.4 is 0 Å². The van der Waals surface area contributed by atoms with Crippen molar-refractivity contribution in [1.82, 2.24) is 0 Å². The van der Waals surface area contributed by atoms with Crippen molar-refractivity contribution in [1.29, 1.82) is 0 Å². The molecule has 1 aliphatic rings. The van der Waals surface area contributed by atoms with Crippen LogP contribution in [0.4, 0.5) is 4.39 Å². The highest BCUT2D eigenvalue weighted by Crippen LogP contribution is 2.42. The number of rotatable bonds is 5. The summed E-state index contributed by atoms with van der Waals surface area (Å²) in [6.45, 7) is 2.99. The van der Waals surface area contributed by atoms with Gasteiger partial charge in [-0.05, 0) is 59.0 Å². The normalized spacial score (nSPS) is 16.6. The molecule has 29 heavy (non-hydrogen) atoms. The number of halogens is 1. The van der Waals surface area contributed by atoms with Crippen molar-refractivity contribution in [3.63, 3.8) is 0 Å². The molecule has 1 fully saturated rings. The molecule has 2 unspecified atom stereocenters. The molecular weight excluding hydrogens is 379 g/mol. The molecular formula is C26H21FOS. The zero-order chi connectivity index (χ0) is 19.8. The van der Waals surface area contributed by atoms with Crippen molar-refractivity contribution >= 4 is 11.3 Å². The molecule has 0 N–H and O–H groups in total. The van der Waals surface area contributed by atoms with Gasteiger partial charge in [0.1, 0.15) is 11.9 Å². The third-order valence-corrected chi connectivity index (χ3v) is 6.69. The van der Waals surface area contributed by atoms with E-state index in [-0.39, 0.29) is 17.8 Å². The molecule has 0 aliphatic carbocycles. The molecule has 1 aromatic heterocycles. The van der Waals surface area contributed by atoms with Crippen molar-refractivity contribution in [2.45, 2.75) is 18.9 Å². The van der Waals surface area contributed by atoms with Crippen molar-refractivity contribution in [2.75, 3.05) is 6.61 Å². The second-order valence-corrected chi connectivity index (χ2v) is 8.61. The Balaban J connectivity index is 1.61. The second kappa shape index (κ2) is 7.58. The Labute approximate surface area is 174 Å². The van der Waals surface area contributed by atoms with Crippen LogP contribution in [0.15, 0.2) is 84.9 Å². The van der Waals surface area contributed by atoms with Gasteiger partial charge in [-0.15, -0.1) is 11.3 Å². The van der Waals surface area contributed by atoms with E-state index in [1.165, 1.54) is 39.3 Å². The molecule has 144 valence electrons. The van der Waals surface area contributed by atoms with E-state index in [0.717, 1.165) is 17.0 Å². The first-order chi connectivity index (χ1) is 14.2. The van der Waals surface area contributed by atoms with Gasteiger partial charge >= 0.3 is 0 Å². The van der Waals surface area contributed by atoms with Crippen LogP contribution in [-0.2, 0) is 4.74 Å². The Morgan fingerprint density at radius 3 is 2.41 bits per heavy atom. The largest absolute Gasteiger partial charge is 0.368 e. The summed E-state index contributed by atoms with van der Waals surface area (Å²) in [5.74, 6) is -0.0449. The number of ether oxygens (including phenoxy) is 1. The molecule has 1 aliphatic heterocycles. The van der Waals surface area contributed by atoms with Crippen LogP contribution in [0.2, 0.25) is 0 Å². The van der Waals surface area contributed by atoms with Gasteiger partial charge < -0.3 is 4.74 Å². The third kappa shape index (κ3) is 3.76. The predicted octanol–water partition coefficient (Wildman–Crippen LogP) is 7.11. The van der Waals surface area contributed by atoms with Crippen LogP contribution in [0, 0.1) is 12.7 Å². The van der Waals surface area contributed by atoms with E-state index in [2.05, 4.69) is 67.6 Å². The summed E-state index contributed by atoms with van der Waals surface area (Å²) in [4.78, 5) is 2.44. The molecule has 4 aromatic rings. The quantitative estimate of drug-likeness (QED) is 0.325. The van der Waals surface area contributed by atoms with Gasteiger partial charge in [0, 0.05) is 15.7 Å². The van der Waals surface area contributed by atoms with E-state index >= 15 is 0 Å². The Kier molecular flexibility index (Phi) is 4.78. The molecule has 5 rings (SSSR count). The Morgan fingerprint density at radius 2 is 1.69 bits per heavy atom. The molecule has 3 heteroatoms. The minimum atomic E-state index is -0.206. The first-order valence-corrected chi connectivity index (χ1v) is 10.6. The van der Waals surface area contributed by atoms with Gasteiger partial charge in [0.25, 0.3) is 0 Å². The average Bonchev–Trinajstić information content (AvgIpc) is 3.49. The molecule has 2 atom stereocenters. The smallest absolute Gasteiger partial charge is 0.123 e. The maximum absolute atomic E-state index is 13.3. The third-order valence-electron chi connectivity index (χ3n) is 5.49. The lowest BCUT2D eigenvalue weighted by atomic mass is 9.86. The van der Waals surface area contributed by atoms with Crippen molar-refractivity contribution in [2.24, 2.45) is 0 Å². The van der Waals surface area contributed by atoms with E-state index in [9.17, 15) is 4.39 Å². The van der Waals surface area contributed by atoms with Crippen LogP contribution in [-0.4, -0.2) is 6.61 Å². The van der Waals surface area contributed by atoms with Crippen molar-refractivity contribution < 1.29 is 9.13 Å². The van der Waals surface area contributed by atoms with Crippen molar-refractivity contribution in [3.05, 3.63) is 118 Å². The van der Waals surface area contributed by atoms with E-state index in [0.29, 0.717) is 0 Å². The fraction of sp³-hybridized carbons (Fsp3) is 0.154.